The predicted molar refractivity (Wildman–Crippen MR) is 86.4 cm³/mol. The zero-order valence-corrected chi connectivity index (χ0v) is 13.4. The number of anilines is 1. The third-order valence-corrected chi connectivity index (χ3v) is 4.51. The molecular formula is C17H22N2O4. The smallest absolute Gasteiger partial charge is 0.310 e. The molecule has 124 valence electrons. The van der Waals surface area contributed by atoms with Crippen LogP contribution in [0.5, 0.6) is 0 Å². The highest BCUT2D eigenvalue weighted by Crippen LogP contribution is 2.41. The van der Waals surface area contributed by atoms with Crippen molar-refractivity contribution >= 4 is 23.5 Å². The molecular weight excluding hydrogens is 296 g/mol. The molecule has 2 amide bonds. The van der Waals surface area contributed by atoms with Crippen LogP contribution in [0.1, 0.15) is 48.0 Å². The zero-order chi connectivity index (χ0) is 17.0. The Morgan fingerprint density at radius 2 is 1.87 bits per heavy atom. The van der Waals surface area contributed by atoms with Gasteiger partial charge in [0.2, 0.25) is 5.91 Å². The van der Waals surface area contributed by atoms with Gasteiger partial charge in [-0.05, 0) is 37.5 Å². The molecule has 1 saturated carbocycles. The summed E-state index contributed by atoms with van der Waals surface area (Å²) < 4.78 is 0. The minimum absolute atomic E-state index is 0.0357. The summed E-state index contributed by atoms with van der Waals surface area (Å²) in [7, 11) is 1.54. The largest absolute Gasteiger partial charge is 0.481 e. The van der Waals surface area contributed by atoms with E-state index in [1.807, 2.05) is 6.92 Å². The van der Waals surface area contributed by atoms with Crippen LogP contribution in [0, 0.1) is 12.3 Å². The second kappa shape index (κ2) is 6.81. The van der Waals surface area contributed by atoms with E-state index >= 15 is 0 Å². The summed E-state index contributed by atoms with van der Waals surface area (Å²) in [5.74, 6) is -1.47. The standard InChI is InChI=1S/C17H22N2O4/c1-11-5-6-12(15(21)18-2)9-13(11)19-14(20)10-17(16(22)23)7-3-4-8-17/h5-6,9H,3-4,7-8,10H2,1-2H3,(H,18,21)(H,19,20)(H,22,23). The number of hydrogen-bond donors (Lipinski definition) is 3. The number of benzene rings is 1. The lowest BCUT2D eigenvalue weighted by atomic mass is 9.82. The number of carbonyl (C=O) groups is 3. The van der Waals surface area contributed by atoms with E-state index in [1.165, 1.54) is 7.05 Å². The molecule has 0 heterocycles. The Balaban J connectivity index is 2.14. The van der Waals surface area contributed by atoms with Gasteiger partial charge in [0.05, 0.1) is 5.41 Å². The number of carboxylic acids is 1. The maximum Gasteiger partial charge on any atom is 0.310 e. The summed E-state index contributed by atoms with van der Waals surface area (Å²) >= 11 is 0. The van der Waals surface area contributed by atoms with Crippen LogP contribution < -0.4 is 10.6 Å². The van der Waals surface area contributed by atoms with E-state index in [2.05, 4.69) is 10.6 Å². The van der Waals surface area contributed by atoms with Crippen molar-refractivity contribution in [3.8, 4) is 0 Å². The van der Waals surface area contributed by atoms with Crippen LogP contribution in [-0.4, -0.2) is 29.9 Å². The topological polar surface area (TPSA) is 95.5 Å². The van der Waals surface area contributed by atoms with Gasteiger partial charge in [-0.25, -0.2) is 0 Å². The fourth-order valence-electron chi connectivity index (χ4n) is 3.06. The highest BCUT2D eigenvalue weighted by molar-refractivity contribution is 5.98. The first-order valence-corrected chi connectivity index (χ1v) is 7.74. The lowest BCUT2D eigenvalue weighted by Crippen LogP contribution is -2.32. The number of hydrogen-bond acceptors (Lipinski definition) is 3. The van der Waals surface area contributed by atoms with Gasteiger partial charge in [-0.2, -0.15) is 0 Å². The number of carboxylic acid groups (broad SMARTS) is 1. The molecule has 0 saturated heterocycles. The van der Waals surface area contributed by atoms with Crippen LogP contribution in [0.15, 0.2) is 18.2 Å². The molecule has 23 heavy (non-hydrogen) atoms. The molecule has 1 aromatic carbocycles. The average molecular weight is 318 g/mol. The van der Waals surface area contributed by atoms with E-state index in [-0.39, 0.29) is 18.2 Å². The maximum atomic E-state index is 12.3. The van der Waals surface area contributed by atoms with E-state index in [4.69, 9.17) is 0 Å². The molecule has 2 rings (SSSR count). The van der Waals surface area contributed by atoms with Crippen molar-refractivity contribution in [1.29, 1.82) is 0 Å². The van der Waals surface area contributed by atoms with Crippen LogP contribution >= 0.6 is 0 Å². The molecule has 0 bridgehead atoms. The van der Waals surface area contributed by atoms with Gasteiger partial charge in [0.1, 0.15) is 0 Å². The Kier molecular flexibility index (Phi) is 5.03. The van der Waals surface area contributed by atoms with Crippen molar-refractivity contribution in [2.45, 2.75) is 39.0 Å². The molecule has 3 N–H and O–H groups in total. The average Bonchev–Trinajstić information content (AvgIpc) is 2.98. The fraction of sp³-hybridized carbons (Fsp3) is 0.471. The second-order valence-corrected chi connectivity index (χ2v) is 6.13. The molecule has 0 unspecified atom stereocenters. The van der Waals surface area contributed by atoms with Crippen LogP contribution in [0.4, 0.5) is 5.69 Å². The predicted octanol–water partition coefficient (Wildman–Crippen LogP) is 2.33. The van der Waals surface area contributed by atoms with Crippen molar-refractivity contribution in [3.05, 3.63) is 29.3 Å². The summed E-state index contributed by atoms with van der Waals surface area (Å²) in [6, 6.07) is 5.04. The zero-order valence-electron chi connectivity index (χ0n) is 13.4. The van der Waals surface area contributed by atoms with E-state index in [0.717, 1.165) is 18.4 Å². The Morgan fingerprint density at radius 3 is 2.43 bits per heavy atom. The van der Waals surface area contributed by atoms with Gasteiger partial charge in [-0.15, -0.1) is 0 Å². The minimum Gasteiger partial charge on any atom is -0.481 e. The van der Waals surface area contributed by atoms with Gasteiger partial charge < -0.3 is 15.7 Å². The molecule has 0 atom stereocenters. The Morgan fingerprint density at radius 1 is 1.22 bits per heavy atom. The van der Waals surface area contributed by atoms with Gasteiger partial charge in [0, 0.05) is 24.7 Å². The van der Waals surface area contributed by atoms with Crippen molar-refractivity contribution in [2.75, 3.05) is 12.4 Å². The summed E-state index contributed by atoms with van der Waals surface area (Å²) in [6.45, 7) is 1.83. The first-order chi connectivity index (χ1) is 10.9. The molecule has 1 fully saturated rings. The molecule has 0 spiro atoms. The monoisotopic (exact) mass is 318 g/mol. The van der Waals surface area contributed by atoms with Gasteiger partial charge >= 0.3 is 5.97 Å². The van der Waals surface area contributed by atoms with Crippen LogP contribution in [0.3, 0.4) is 0 Å². The first kappa shape index (κ1) is 17.0. The van der Waals surface area contributed by atoms with E-state index < -0.39 is 11.4 Å². The summed E-state index contributed by atoms with van der Waals surface area (Å²) in [6.07, 6.45) is 2.71. The minimum atomic E-state index is -0.948. The molecule has 0 radical (unpaired) electrons. The number of amides is 2. The first-order valence-electron chi connectivity index (χ1n) is 7.74. The van der Waals surface area contributed by atoms with Gasteiger partial charge in [0.25, 0.3) is 5.91 Å². The SMILES string of the molecule is CNC(=O)c1ccc(C)c(NC(=O)CC2(C(=O)O)CCCC2)c1. The number of aryl methyl sites for hydroxylation is 1. The molecule has 1 aliphatic carbocycles. The van der Waals surface area contributed by atoms with Gasteiger partial charge in [-0.1, -0.05) is 18.9 Å². The lowest BCUT2D eigenvalue weighted by molar-refractivity contribution is -0.150. The van der Waals surface area contributed by atoms with Crippen molar-refractivity contribution in [3.63, 3.8) is 0 Å². The molecule has 0 aromatic heterocycles. The highest BCUT2D eigenvalue weighted by atomic mass is 16.4. The Labute approximate surface area is 135 Å². The maximum absolute atomic E-state index is 12.3. The molecule has 0 aliphatic heterocycles. The van der Waals surface area contributed by atoms with E-state index in [0.29, 0.717) is 24.1 Å². The quantitative estimate of drug-likeness (QED) is 0.776. The summed E-state index contributed by atoms with van der Waals surface area (Å²) in [4.78, 5) is 35.5. The van der Waals surface area contributed by atoms with E-state index in [1.54, 1.807) is 18.2 Å². The molecule has 6 heteroatoms. The fourth-order valence-corrected chi connectivity index (χ4v) is 3.06. The number of nitrogens with one attached hydrogen (secondary N) is 2. The van der Waals surface area contributed by atoms with Crippen molar-refractivity contribution in [1.82, 2.24) is 5.32 Å². The summed E-state index contributed by atoms with van der Waals surface area (Å²) in [5.41, 5.74) is 0.856. The Bertz CT molecular complexity index is 633. The molecule has 6 nitrogen and oxygen atoms in total. The normalized spacial score (nSPS) is 15.9. The number of carbonyl (C=O) groups excluding carboxylic acids is 2. The number of aliphatic carboxylic acids is 1. The highest BCUT2D eigenvalue weighted by Gasteiger charge is 2.43. The number of rotatable bonds is 5. The Hall–Kier alpha value is -2.37. The van der Waals surface area contributed by atoms with Crippen molar-refractivity contribution < 1.29 is 19.5 Å². The van der Waals surface area contributed by atoms with Gasteiger partial charge in [0.15, 0.2) is 0 Å². The van der Waals surface area contributed by atoms with E-state index in [9.17, 15) is 19.5 Å². The molecule has 1 aromatic rings. The second-order valence-electron chi connectivity index (χ2n) is 6.13. The van der Waals surface area contributed by atoms with Gasteiger partial charge in [-0.3, -0.25) is 14.4 Å². The van der Waals surface area contributed by atoms with Crippen LogP contribution in [0.25, 0.3) is 0 Å². The summed E-state index contributed by atoms with van der Waals surface area (Å²) in [5, 5.41) is 14.7. The van der Waals surface area contributed by atoms with Crippen molar-refractivity contribution in [2.24, 2.45) is 5.41 Å². The third kappa shape index (κ3) is 3.70. The third-order valence-electron chi connectivity index (χ3n) is 4.51. The lowest BCUT2D eigenvalue weighted by Gasteiger charge is -2.23. The van der Waals surface area contributed by atoms with Crippen LogP contribution in [0.2, 0.25) is 0 Å². The van der Waals surface area contributed by atoms with Crippen LogP contribution in [-0.2, 0) is 9.59 Å². The molecule has 1 aliphatic rings.